The van der Waals surface area contributed by atoms with Crippen LogP contribution < -0.4 is 0 Å². The Morgan fingerprint density at radius 1 is 1.23 bits per heavy atom. The van der Waals surface area contributed by atoms with Gasteiger partial charge in [0, 0.05) is 31.6 Å². The highest BCUT2D eigenvalue weighted by atomic mass is 32.1. The van der Waals surface area contributed by atoms with Crippen LogP contribution in [0.3, 0.4) is 0 Å². The Morgan fingerprint density at radius 3 is 2.77 bits per heavy atom. The predicted octanol–water partition coefficient (Wildman–Crippen LogP) is 3.27. The molecule has 0 N–H and O–H groups in total. The van der Waals surface area contributed by atoms with Crippen molar-refractivity contribution in [3.63, 3.8) is 0 Å². The summed E-state index contributed by atoms with van der Waals surface area (Å²) in [5, 5.41) is 14.9. The molecule has 0 saturated carbocycles. The molecule has 7 heteroatoms. The van der Waals surface area contributed by atoms with Crippen LogP contribution in [0.1, 0.15) is 39.3 Å². The number of nitrogens with zero attached hydrogens (tertiary/aromatic N) is 5. The molecule has 1 atom stereocenters. The zero-order chi connectivity index (χ0) is 18.1. The van der Waals surface area contributed by atoms with Gasteiger partial charge in [0.1, 0.15) is 15.7 Å². The van der Waals surface area contributed by atoms with E-state index in [-0.39, 0.29) is 11.8 Å². The molecule has 26 heavy (non-hydrogen) atoms. The third-order valence-electron chi connectivity index (χ3n) is 4.77. The zero-order valence-electron chi connectivity index (χ0n) is 14.9. The van der Waals surface area contributed by atoms with Crippen molar-refractivity contribution in [2.45, 2.75) is 25.7 Å². The molecule has 1 saturated heterocycles. The molecule has 3 heterocycles. The van der Waals surface area contributed by atoms with Gasteiger partial charge in [-0.05, 0) is 25.8 Å². The first-order valence-corrected chi connectivity index (χ1v) is 9.62. The number of piperidine rings is 1. The van der Waals surface area contributed by atoms with E-state index in [1.807, 2.05) is 55.3 Å². The minimum absolute atomic E-state index is 0.0353. The van der Waals surface area contributed by atoms with Crippen LogP contribution in [0.4, 0.5) is 0 Å². The average Bonchev–Trinajstić information content (AvgIpc) is 3.28. The van der Waals surface area contributed by atoms with Gasteiger partial charge in [0.05, 0.1) is 5.69 Å². The predicted molar refractivity (Wildman–Crippen MR) is 101 cm³/mol. The molecule has 134 valence electrons. The summed E-state index contributed by atoms with van der Waals surface area (Å²) in [5.41, 5.74) is 2.46. The molecule has 0 spiro atoms. The lowest BCUT2D eigenvalue weighted by atomic mass is 9.98. The maximum Gasteiger partial charge on any atom is 0.272 e. The molecule has 2 aromatic heterocycles. The summed E-state index contributed by atoms with van der Waals surface area (Å²) in [6.45, 7) is 3.44. The van der Waals surface area contributed by atoms with Crippen molar-refractivity contribution in [2.24, 2.45) is 7.05 Å². The number of amides is 1. The fourth-order valence-electron chi connectivity index (χ4n) is 3.42. The smallest absolute Gasteiger partial charge is 0.272 e. The molecule has 1 amide bonds. The van der Waals surface area contributed by atoms with Gasteiger partial charge in [0.15, 0.2) is 0 Å². The van der Waals surface area contributed by atoms with Crippen LogP contribution in [0.25, 0.3) is 11.3 Å². The first-order valence-electron chi connectivity index (χ1n) is 8.80. The number of hydrogen-bond acceptors (Lipinski definition) is 5. The number of aromatic nitrogens is 4. The minimum atomic E-state index is 0.0353. The van der Waals surface area contributed by atoms with Crippen molar-refractivity contribution in [2.75, 3.05) is 13.1 Å². The van der Waals surface area contributed by atoms with Gasteiger partial charge in [-0.2, -0.15) is 5.10 Å². The molecular formula is C19H21N5OS. The lowest BCUT2D eigenvalue weighted by Gasteiger charge is -2.31. The van der Waals surface area contributed by atoms with Crippen LogP contribution in [0.2, 0.25) is 0 Å². The van der Waals surface area contributed by atoms with E-state index >= 15 is 0 Å². The van der Waals surface area contributed by atoms with Gasteiger partial charge in [0.25, 0.3) is 5.91 Å². The summed E-state index contributed by atoms with van der Waals surface area (Å²) in [7, 11) is 1.83. The topological polar surface area (TPSA) is 63.9 Å². The van der Waals surface area contributed by atoms with Crippen molar-refractivity contribution in [1.82, 2.24) is 24.9 Å². The standard InChI is InChI=1S/C19H21N5OS/c1-13-20-21-18(26-13)15-9-6-10-24(12-15)19(25)17-11-16(22-23(17)2)14-7-4-3-5-8-14/h3-5,7-8,11,15H,6,9-10,12H2,1-2H3. The SMILES string of the molecule is Cc1nnc(C2CCCN(C(=O)c3cc(-c4ccccc4)nn3C)C2)s1. The second-order valence-corrected chi connectivity index (χ2v) is 7.87. The van der Waals surface area contributed by atoms with Crippen LogP contribution in [0.15, 0.2) is 36.4 Å². The van der Waals surface area contributed by atoms with E-state index < -0.39 is 0 Å². The Bertz CT molecular complexity index is 917. The number of rotatable bonds is 3. The van der Waals surface area contributed by atoms with Crippen molar-refractivity contribution in [1.29, 1.82) is 0 Å². The Labute approximate surface area is 156 Å². The van der Waals surface area contributed by atoms with Crippen LogP contribution in [-0.2, 0) is 7.05 Å². The summed E-state index contributed by atoms with van der Waals surface area (Å²) in [6, 6.07) is 11.8. The van der Waals surface area contributed by atoms with Gasteiger partial charge in [-0.25, -0.2) is 0 Å². The molecule has 0 aliphatic carbocycles. The number of hydrogen-bond donors (Lipinski definition) is 0. The largest absolute Gasteiger partial charge is 0.337 e. The summed E-state index contributed by atoms with van der Waals surface area (Å²) in [4.78, 5) is 15.0. The van der Waals surface area contributed by atoms with E-state index in [0.717, 1.165) is 40.7 Å². The summed E-state index contributed by atoms with van der Waals surface area (Å²) in [5.74, 6) is 0.314. The summed E-state index contributed by atoms with van der Waals surface area (Å²) >= 11 is 1.63. The molecule has 1 unspecified atom stereocenters. The summed E-state index contributed by atoms with van der Waals surface area (Å²) in [6.07, 6.45) is 2.04. The third-order valence-corrected chi connectivity index (χ3v) is 5.77. The number of carbonyl (C=O) groups excluding carboxylic acids is 1. The Balaban J connectivity index is 1.55. The van der Waals surface area contributed by atoms with Gasteiger partial charge < -0.3 is 4.90 Å². The Hall–Kier alpha value is -2.54. The first kappa shape index (κ1) is 16.9. The molecule has 3 aromatic rings. The average molecular weight is 367 g/mol. The second kappa shape index (κ2) is 6.99. The minimum Gasteiger partial charge on any atom is -0.337 e. The van der Waals surface area contributed by atoms with Gasteiger partial charge >= 0.3 is 0 Å². The fraction of sp³-hybridized carbons (Fsp3) is 0.368. The van der Waals surface area contributed by atoms with Crippen molar-refractivity contribution >= 4 is 17.2 Å². The van der Waals surface area contributed by atoms with Gasteiger partial charge in [-0.15, -0.1) is 21.5 Å². The van der Waals surface area contributed by atoms with Crippen LogP contribution in [-0.4, -0.2) is 43.9 Å². The highest BCUT2D eigenvalue weighted by Gasteiger charge is 2.29. The lowest BCUT2D eigenvalue weighted by Crippen LogP contribution is -2.39. The van der Waals surface area contributed by atoms with Crippen LogP contribution >= 0.6 is 11.3 Å². The fourth-order valence-corrected chi connectivity index (χ4v) is 4.24. The molecular weight excluding hydrogens is 346 g/mol. The van der Waals surface area contributed by atoms with E-state index in [9.17, 15) is 4.79 Å². The number of carbonyl (C=O) groups is 1. The normalized spacial score (nSPS) is 17.5. The molecule has 1 aromatic carbocycles. The zero-order valence-corrected chi connectivity index (χ0v) is 15.7. The number of likely N-dealkylation sites (tertiary alicyclic amines) is 1. The number of aryl methyl sites for hydroxylation is 2. The van der Waals surface area contributed by atoms with Crippen LogP contribution in [0.5, 0.6) is 0 Å². The van der Waals surface area contributed by atoms with E-state index in [2.05, 4.69) is 15.3 Å². The van der Waals surface area contributed by atoms with Gasteiger partial charge in [-0.3, -0.25) is 9.48 Å². The second-order valence-electron chi connectivity index (χ2n) is 6.65. The molecule has 4 rings (SSSR count). The Morgan fingerprint density at radius 2 is 2.04 bits per heavy atom. The molecule has 1 aliphatic rings. The molecule has 6 nitrogen and oxygen atoms in total. The first-order chi connectivity index (χ1) is 12.6. The Kier molecular flexibility index (Phi) is 4.55. The maximum atomic E-state index is 13.1. The van der Waals surface area contributed by atoms with Crippen molar-refractivity contribution in [3.8, 4) is 11.3 Å². The summed E-state index contributed by atoms with van der Waals surface area (Å²) < 4.78 is 1.68. The van der Waals surface area contributed by atoms with Crippen LogP contribution in [0, 0.1) is 6.92 Å². The third kappa shape index (κ3) is 3.26. The van der Waals surface area contributed by atoms with Gasteiger partial charge in [0.2, 0.25) is 0 Å². The molecule has 1 fully saturated rings. The number of benzene rings is 1. The van der Waals surface area contributed by atoms with Gasteiger partial charge in [-0.1, -0.05) is 30.3 Å². The van der Waals surface area contributed by atoms with Crippen molar-refractivity contribution in [3.05, 3.63) is 52.1 Å². The highest BCUT2D eigenvalue weighted by molar-refractivity contribution is 7.11. The van der Waals surface area contributed by atoms with E-state index in [4.69, 9.17) is 0 Å². The monoisotopic (exact) mass is 367 g/mol. The quantitative estimate of drug-likeness (QED) is 0.713. The lowest BCUT2D eigenvalue weighted by molar-refractivity contribution is 0.0695. The molecule has 0 radical (unpaired) electrons. The van der Waals surface area contributed by atoms with Crippen molar-refractivity contribution < 1.29 is 4.79 Å². The molecule has 0 bridgehead atoms. The highest BCUT2D eigenvalue weighted by Crippen LogP contribution is 2.30. The van der Waals surface area contributed by atoms with E-state index in [1.165, 1.54) is 0 Å². The van der Waals surface area contributed by atoms with E-state index in [0.29, 0.717) is 12.2 Å². The maximum absolute atomic E-state index is 13.1. The van der Waals surface area contributed by atoms with E-state index in [1.54, 1.807) is 16.0 Å². The molecule has 1 aliphatic heterocycles.